The third-order valence-electron chi connectivity index (χ3n) is 7.32. The maximum Gasteiger partial charge on any atom is 0.258 e. The highest BCUT2D eigenvalue weighted by atomic mass is 19.3. The number of hydrogen-bond donors (Lipinski definition) is 1. The van der Waals surface area contributed by atoms with Crippen LogP contribution in [0.4, 0.5) is 19.0 Å². The molecule has 2 saturated heterocycles. The fourth-order valence-corrected chi connectivity index (χ4v) is 5.20. The van der Waals surface area contributed by atoms with Crippen LogP contribution >= 0.6 is 0 Å². The van der Waals surface area contributed by atoms with E-state index >= 15 is 0 Å². The van der Waals surface area contributed by atoms with Crippen LogP contribution in [-0.2, 0) is 17.7 Å². The molecule has 2 aliphatic rings. The number of aromatic nitrogens is 7. The minimum atomic E-state index is -2.56. The van der Waals surface area contributed by atoms with Gasteiger partial charge in [-0.2, -0.15) is 5.10 Å². The lowest BCUT2D eigenvalue weighted by Gasteiger charge is -2.42. The number of piperidine rings is 1. The number of nitrogens with zero attached hydrogens (tertiary/aromatic N) is 8. The molecule has 10 nitrogen and oxygen atoms in total. The third-order valence-corrected chi connectivity index (χ3v) is 7.32. The minimum absolute atomic E-state index is 0.0163. The van der Waals surface area contributed by atoms with Crippen molar-refractivity contribution in [2.75, 3.05) is 38.7 Å². The minimum Gasteiger partial charge on any atom is -0.378 e. The molecule has 2 aliphatic heterocycles. The number of halogens is 3. The largest absolute Gasteiger partial charge is 0.378 e. The smallest absolute Gasteiger partial charge is 0.258 e. The molecule has 0 aromatic carbocycles. The number of rotatable bonds is 8. The van der Waals surface area contributed by atoms with Crippen LogP contribution in [0.15, 0.2) is 24.4 Å². The zero-order chi connectivity index (χ0) is 25.5. The molecule has 0 bridgehead atoms. The van der Waals surface area contributed by atoms with E-state index in [0.717, 1.165) is 23.2 Å². The van der Waals surface area contributed by atoms with E-state index in [2.05, 4.69) is 30.6 Å². The van der Waals surface area contributed by atoms with Gasteiger partial charge in [-0.05, 0) is 43.5 Å². The molecular weight excluding hydrogens is 487 g/mol. The second-order valence-electron chi connectivity index (χ2n) is 9.64. The molecule has 1 N–H and O–H groups in total. The first-order valence-electron chi connectivity index (χ1n) is 12.5. The van der Waals surface area contributed by atoms with E-state index in [1.807, 2.05) is 12.3 Å². The monoisotopic (exact) mass is 515 g/mol. The number of hydrogen-bond acceptors (Lipinski definition) is 8. The Morgan fingerprint density at radius 2 is 2.05 bits per heavy atom. The molecule has 37 heavy (non-hydrogen) atoms. The average Bonchev–Trinajstić information content (AvgIpc) is 3.45. The molecule has 13 heteroatoms. The molecular formula is C24H28F3N9O. The van der Waals surface area contributed by atoms with Crippen molar-refractivity contribution in [2.45, 2.75) is 44.4 Å². The van der Waals surface area contributed by atoms with E-state index in [0.29, 0.717) is 67.0 Å². The highest BCUT2D eigenvalue weighted by Crippen LogP contribution is 2.31. The van der Waals surface area contributed by atoms with Gasteiger partial charge in [-0.1, -0.05) is 5.21 Å². The Morgan fingerprint density at radius 1 is 1.19 bits per heavy atom. The fraction of sp³-hybridized carbons (Fsp3) is 0.542. The zero-order valence-corrected chi connectivity index (χ0v) is 20.4. The normalized spacial score (nSPS) is 21.2. The van der Waals surface area contributed by atoms with Crippen LogP contribution in [0.1, 0.15) is 18.7 Å². The molecule has 0 saturated carbocycles. The maximum absolute atomic E-state index is 14.9. The number of ether oxygens (including phenoxy) is 1. The van der Waals surface area contributed by atoms with E-state index in [9.17, 15) is 13.2 Å². The Morgan fingerprint density at radius 3 is 2.78 bits per heavy atom. The van der Waals surface area contributed by atoms with Crippen LogP contribution in [0.2, 0.25) is 0 Å². The molecule has 4 aromatic heterocycles. The van der Waals surface area contributed by atoms with Crippen molar-refractivity contribution in [1.82, 2.24) is 39.5 Å². The lowest BCUT2D eigenvalue weighted by molar-refractivity contribution is -0.0857. The summed E-state index contributed by atoms with van der Waals surface area (Å²) in [5.41, 5.74) is 2.77. The highest BCUT2D eigenvalue weighted by molar-refractivity contribution is 5.88. The summed E-state index contributed by atoms with van der Waals surface area (Å²) < 4.78 is 48.9. The van der Waals surface area contributed by atoms with Crippen molar-refractivity contribution < 1.29 is 17.9 Å². The van der Waals surface area contributed by atoms with E-state index in [1.165, 1.54) is 0 Å². The number of likely N-dealkylation sites (tertiary alicyclic amines) is 1. The molecule has 4 aromatic rings. The Balaban J connectivity index is 1.22. The van der Waals surface area contributed by atoms with Gasteiger partial charge in [-0.3, -0.25) is 4.90 Å². The van der Waals surface area contributed by atoms with Crippen molar-refractivity contribution in [1.29, 1.82) is 0 Å². The van der Waals surface area contributed by atoms with Crippen LogP contribution in [0.25, 0.3) is 27.9 Å². The van der Waals surface area contributed by atoms with Gasteiger partial charge in [0.1, 0.15) is 23.7 Å². The first-order chi connectivity index (χ1) is 18.0. The van der Waals surface area contributed by atoms with Gasteiger partial charge in [0.05, 0.1) is 24.9 Å². The Bertz CT molecular complexity index is 1400. The highest BCUT2D eigenvalue weighted by Gasteiger charge is 2.35. The quantitative estimate of drug-likeness (QED) is 0.383. The summed E-state index contributed by atoms with van der Waals surface area (Å²) in [5, 5.41) is 15.5. The summed E-state index contributed by atoms with van der Waals surface area (Å²) >= 11 is 0. The second-order valence-corrected chi connectivity index (χ2v) is 9.64. The van der Waals surface area contributed by atoms with Crippen molar-refractivity contribution in [2.24, 2.45) is 5.92 Å². The van der Waals surface area contributed by atoms with Crippen LogP contribution < -0.4 is 5.32 Å². The number of aryl methyl sites for hydroxylation is 1. The van der Waals surface area contributed by atoms with Gasteiger partial charge < -0.3 is 10.1 Å². The summed E-state index contributed by atoms with van der Waals surface area (Å²) in [6.45, 7) is 2.19. The standard InChI is InChI=1S/C24H28F3N9O/c1-28-23-22-16(18-3-4-19-24(29-18)36(33-31-19)11-20(26)27)7-9-35(22)32-21(30-23)5-2-14-6-8-34(10-17(14)25)15-12-37-13-15/h3-4,7,9,14-15,17,20H,2,5-6,8,10-13H2,1H3,(H,28,30,32)/t14-,17+/m1/s1. The van der Waals surface area contributed by atoms with Crippen molar-refractivity contribution >= 4 is 22.5 Å². The van der Waals surface area contributed by atoms with Crippen molar-refractivity contribution in [3.05, 3.63) is 30.2 Å². The van der Waals surface area contributed by atoms with Crippen LogP contribution in [0, 0.1) is 5.92 Å². The molecule has 0 amide bonds. The van der Waals surface area contributed by atoms with Gasteiger partial charge in [-0.25, -0.2) is 32.3 Å². The number of nitrogens with one attached hydrogen (secondary N) is 1. The van der Waals surface area contributed by atoms with Crippen molar-refractivity contribution in [3.8, 4) is 11.3 Å². The van der Waals surface area contributed by atoms with Crippen LogP contribution in [0.3, 0.4) is 0 Å². The second kappa shape index (κ2) is 9.86. The van der Waals surface area contributed by atoms with E-state index in [4.69, 9.17) is 9.72 Å². The zero-order valence-electron chi connectivity index (χ0n) is 20.4. The molecule has 0 spiro atoms. The summed E-state index contributed by atoms with van der Waals surface area (Å²) in [6.07, 6.45) is 0.447. The third kappa shape index (κ3) is 4.61. The number of alkyl halides is 3. The summed E-state index contributed by atoms with van der Waals surface area (Å²) in [5.74, 6) is 1.23. The van der Waals surface area contributed by atoms with E-state index in [-0.39, 0.29) is 11.6 Å². The predicted octanol–water partition coefficient (Wildman–Crippen LogP) is 2.83. The first kappa shape index (κ1) is 24.0. The predicted molar refractivity (Wildman–Crippen MR) is 130 cm³/mol. The molecule has 0 unspecified atom stereocenters. The molecule has 6 rings (SSSR count). The SMILES string of the molecule is CNc1nc(CC[C@@H]2CCN(C3COC3)C[C@@H]2F)nn2ccc(-c3ccc4nnn(CC(F)F)c4n3)c12. The molecule has 2 fully saturated rings. The molecule has 2 atom stereocenters. The summed E-state index contributed by atoms with van der Waals surface area (Å²) in [4.78, 5) is 11.5. The first-order valence-corrected chi connectivity index (χ1v) is 12.5. The molecule has 0 radical (unpaired) electrons. The number of fused-ring (bicyclic) bond motifs is 2. The molecule has 0 aliphatic carbocycles. The van der Waals surface area contributed by atoms with Gasteiger partial charge in [0.25, 0.3) is 6.43 Å². The Labute approximate surface area is 210 Å². The summed E-state index contributed by atoms with van der Waals surface area (Å²) in [7, 11) is 1.78. The summed E-state index contributed by atoms with van der Waals surface area (Å²) in [6, 6.07) is 5.71. The lowest BCUT2D eigenvalue weighted by Crippen LogP contribution is -2.54. The topological polar surface area (TPSA) is 98.3 Å². The molecule has 6 heterocycles. The van der Waals surface area contributed by atoms with E-state index < -0.39 is 19.1 Å². The van der Waals surface area contributed by atoms with E-state index in [1.54, 1.807) is 23.7 Å². The Kier molecular flexibility index (Phi) is 6.41. The Hall–Kier alpha value is -3.32. The van der Waals surface area contributed by atoms with Gasteiger partial charge in [0, 0.05) is 31.8 Å². The molecule has 196 valence electrons. The van der Waals surface area contributed by atoms with Gasteiger partial charge >= 0.3 is 0 Å². The number of anilines is 1. The lowest BCUT2D eigenvalue weighted by atomic mass is 9.89. The van der Waals surface area contributed by atoms with Gasteiger partial charge in [-0.15, -0.1) is 5.10 Å². The van der Waals surface area contributed by atoms with Crippen molar-refractivity contribution in [3.63, 3.8) is 0 Å². The number of pyridine rings is 1. The van der Waals surface area contributed by atoms with Gasteiger partial charge in [0.2, 0.25) is 0 Å². The maximum atomic E-state index is 14.9. The van der Waals surface area contributed by atoms with Crippen LogP contribution in [0.5, 0.6) is 0 Å². The average molecular weight is 516 g/mol. The van der Waals surface area contributed by atoms with Gasteiger partial charge in [0.15, 0.2) is 17.3 Å². The fourth-order valence-electron chi connectivity index (χ4n) is 5.20. The van der Waals surface area contributed by atoms with Crippen LogP contribution in [-0.4, -0.2) is 91.5 Å².